The van der Waals surface area contributed by atoms with Crippen LogP contribution in [0.5, 0.6) is 0 Å². The van der Waals surface area contributed by atoms with Gasteiger partial charge in [0.05, 0.1) is 18.0 Å². The molecule has 0 bridgehead atoms. The van der Waals surface area contributed by atoms with E-state index in [1.54, 1.807) is 40.0 Å². The van der Waals surface area contributed by atoms with Gasteiger partial charge in [0.1, 0.15) is 23.2 Å². The van der Waals surface area contributed by atoms with E-state index < -0.39 is 11.7 Å². The van der Waals surface area contributed by atoms with Gasteiger partial charge in [-0.15, -0.1) is 0 Å². The Morgan fingerprint density at radius 3 is 2.65 bits per heavy atom. The molecule has 0 unspecified atom stereocenters. The van der Waals surface area contributed by atoms with Crippen molar-refractivity contribution >= 4 is 35.3 Å². The number of ether oxygens (including phenoxy) is 3. The van der Waals surface area contributed by atoms with E-state index in [-0.39, 0.29) is 18.6 Å². The fraction of sp³-hybridized carbons (Fsp3) is 0.471. The average Bonchev–Trinajstić information content (AvgIpc) is 2.89. The Balaban J connectivity index is 2.49. The van der Waals surface area contributed by atoms with Crippen molar-refractivity contribution in [2.75, 3.05) is 25.9 Å². The highest BCUT2D eigenvalue weighted by molar-refractivity contribution is 6.30. The minimum absolute atomic E-state index is 0.0788. The smallest absolute Gasteiger partial charge is 0.414 e. The molecule has 0 saturated carbocycles. The summed E-state index contributed by atoms with van der Waals surface area (Å²) in [5.41, 5.74) is 0.888. The number of hydrogen-bond acceptors (Lipinski definition) is 6. The van der Waals surface area contributed by atoms with Crippen molar-refractivity contribution in [3.63, 3.8) is 0 Å². The molecule has 0 aromatic carbocycles. The van der Waals surface area contributed by atoms with Crippen molar-refractivity contribution in [3.8, 4) is 0 Å². The van der Waals surface area contributed by atoms with Crippen LogP contribution in [0.1, 0.15) is 37.0 Å². The molecule has 0 spiro atoms. The normalized spacial score (nSPS) is 11.6. The Morgan fingerprint density at radius 1 is 1.38 bits per heavy atom. The summed E-state index contributed by atoms with van der Waals surface area (Å²) in [6.45, 7) is 5.52. The lowest BCUT2D eigenvalue weighted by molar-refractivity contribution is -0.0399. The number of amides is 1. The Kier molecular flexibility index (Phi) is 6.22. The maximum absolute atomic E-state index is 12.4. The summed E-state index contributed by atoms with van der Waals surface area (Å²) in [5, 5.41) is 0.234. The second kappa shape index (κ2) is 8.03. The number of pyridine rings is 1. The van der Waals surface area contributed by atoms with E-state index in [9.17, 15) is 9.59 Å². The number of rotatable bonds is 6. The zero-order valence-corrected chi connectivity index (χ0v) is 16.2. The fourth-order valence-corrected chi connectivity index (χ4v) is 2.54. The molecule has 26 heavy (non-hydrogen) atoms. The summed E-state index contributed by atoms with van der Waals surface area (Å²) in [5.74, 6) is 0. The van der Waals surface area contributed by atoms with Crippen LogP contribution in [0.25, 0.3) is 5.65 Å². The molecule has 0 aliphatic rings. The predicted octanol–water partition coefficient (Wildman–Crippen LogP) is 3.29. The minimum Gasteiger partial charge on any atom is -0.443 e. The van der Waals surface area contributed by atoms with Crippen LogP contribution in [0, 0.1) is 0 Å². The van der Waals surface area contributed by atoms with Gasteiger partial charge in [0.25, 0.3) is 0 Å². The first kappa shape index (κ1) is 20.2. The van der Waals surface area contributed by atoms with Crippen LogP contribution in [-0.4, -0.2) is 48.3 Å². The summed E-state index contributed by atoms with van der Waals surface area (Å²) in [6, 6.07) is 3.18. The topological polar surface area (TPSA) is 82.4 Å². The third-order valence-corrected chi connectivity index (χ3v) is 3.76. The van der Waals surface area contributed by atoms with E-state index in [1.807, 2.05) is 0 Å². The lowest BCUT2D eigenvalue weighted by Crippen LogP contribution is -2.34. The van der Waals surface area contributed by atoms with E-state index in [4.69, 9.17) is 25.8 Å². The Hall–Kier alpha value is -2.16. The number of halogens is 1. The van der Waals surface area contributed by atoms with Gasteiger partial charge in [0.2, 0.25) is 0 Å². The van der Waals surface area contributed by atoms with Gasteiger partial charge in [-0.3, -0.25) is 14.1 Å². The third-order valence-electron chi connectivity index (χ3n) is 3.38. The maximum atomic E-state index is 12.4. The quantitative estimate of drug-likeness (QED) is 0.432. The van der Waals surface area contributed by atoms with Crippen LogP contribution in [0.4, 0.5) is 10.5 Å². The monoisotopic (exact) mass is 383 g/mol. The lowest BCUT2D eigenvalue weighted by atomic mass is 10.2. The summed E-state index contributed by atoms with van der Waals surface area (Å²) in [7, 11) is 3.07. The van der Waals surface area contributed by atoms with Crippen LogP contribution < -0.4 is 4.90 Å². The summed E-state index contributed by atoms with van der Waals surface area (Å²) in [4.78, 5) is 29.5. The fourth-order valence-electron chi connectivity index (χ4n) is 2.26. The van der Waals surface area contributed by atoms with Crippen LogP contribution in [-0.2, 0) is 20.8 Å². The molecule has 1 amide bonds. The number of nitrogens with zero attached hydrogens (tertiary/aromatic N) is 3. The molecular formula is C17H22ClN3O5. The summed E-state index contributed by atoms with van der Waals surface area (Å²) < 4.78 is 17.0. The largest absolute Gasteiger partial charge is 0.443 e. The van der Waals surface area contributed by atoms with Crippen LogP contribution >= 0.6 is 11.6 Å². The first-order chi connectivity index (χ1) is 12.2. The molecule has 2 heterocycles. The molecule has 0 atom stereocenters. The Morgan fingerprint density at radius 2 is 2.08 bits per heavy atom. The first-order valence-electron chi connectivity index (χ1n) is 7.88. The van der Waals surface area contributed by atoms with Crippen LogP contribution in [0.2, 0.25) is 5.15 Å². The number of imidazole rings is 1. The molecule has 0 saturated heterocycles. The van der Waals surface area contributed by atoms with E-state index in [0.717, 1.165) is 0 Å². The number of carbonyl (C=O) groups excluding carboxylic acids is 2. The minimum atomic E-state index is -0.642. The summed E-state index contributed by atoms with van der Waals surface area (Å²) in [6.07, 6.45) is 0.118. The van der Waals surface area contributed by atoms with Gasteiger partial charge in [-0.05, 0) is 32.9 Å². The number of methoxy groups -OCH3 is 1. The van der Waals surface area contributed by atoms with Gasteiger partial charge in [-0.2, -0.15) is 0 Å². The van der Waals surface area contributed by atoms with Gasteiger partial charge >= 0.3 is 6.09 Å². The van der Waals surface area contributed by atoms with Crippen molar-refractivity contribution in [2.45, 2.75) is 33.0 Å². The number of aromatic nitrogens is 2. The Labute approximate surface area is 156 Å². The van der Waals surface area contributed by atoms with Gasteiger partial charge in [0, 0.05) is 14.2 Å². The van der Waals surface area contributed by atoms with Crippen molar-refractivity contribution in [1.82, 2.24) is 9.38 Å². The van der Waals surface area contributed by atoms with Gasteiger partial charge in [0.15, 0.2) is 11.9 Å². The molecular weight excluding hydrogens is 362 g/mol. The van der Waals surface area contributed by atoms with E-state index in [0.29, 0.717) is 29.0 Å². The lowest BCUT2D eigenvalue weighted by Gasteiger charge is -2.25. The molecule has 2 aromatic heterocycles. The van der Waals surface area contributed by atoms with E-state index in [2.05, 4.69) is 4.98 Å². The number of hydrogen-bond donors (Lipinski definition) is 0. The third kappa shape index (κ3) is 4.32. The molecule has 9 heteroatoms. The average molecular weight is 384 g/mol. The maximum Gasteiger partial charge on any atom is 0.414 e. The first-order valence-corrected chi connectivity index (χ1v) is 8.25. The van der Waals surface area contributed by atoms with Crippen molar-refractivity contribution in [3.05, 3.63) is 28.7 Å². The highest BCUT2D eigenvalue weighted by Gasteiger charge is 2.24. The van der Waals surface area contributed by atoms with Crippen molar-refractivity contribution < 1.29 is 23.8 Å². The van der Waals surface area contributed by atoms with Crippen LogP contribution in [0.15, 0.2) is 12.1 Å². The summed E-state index contributed by atoms with van der Waals surface area (Å²) >= 11 is 6.37. The zero-order valence-electron chi connectivity index (χ0n) is 15.4. The second-order valence-corrected chi connectivity index (χ2v) is 6.92. The molecule has 2 aromatic rings. The Bertz CT molecular complexity index is 813. The van der Waals surface area contributed by atoms with E-state index in [1.165, 1.54) is 16.4 Å². The predicted molar refractivity (Wildman–Crippen MR) is 96.9 cm³/mol. The highest BCUT2D eigenvalue weighted by atomic mass is 35.5. The standard InChI is InChI=1S/C17H22ClN3O5/c1-17(2,3)26-16(23)20(4)13-7-6-11(8-22)21-14(18)12(19-15(13)21)9-25-10-24-5/h6-8H,9-10H2,1-5H3. The number of anilines is 1. The van der Waals surface area contributed by atoms with E-state index >= 15 is 0 Å². The van der Waals surface area contributed by atoms with Gasteiger partial charge in [-0.25, -0.2) is 9.78 Å². The highest BCUT2D eigenvalue weighted by Crippen LogP contribution is 2.28. The molecule has 0 aliphatic heterocycles. The van der Waals surface area contributed by atoms with Gasteiger partial charge in [-0.1, -0.05) is 11.6 Å². The SMILES string of the molecule is COCOCc1nc2c(N(C)C(=O)OC(C)(C)C)ccc(C=O)n2c1Cl. The van der Waals surface area contributed by atoms with Crippen LogP contribution in [0.3, 0.4) is 0 Å². The number of carbonyl (C=O) groups is 2. The van der Waals surface area contributed by atoms with Crippen molar-refractivity contribution in [1.29, 1.82) is 0 Å². The molecule has 0 radical (unpaired) electrons. The zero-order chi connectivity index (χ0) is 19.5. The number of fused-ring (bicyclic) bond motifs is 1. The molecule has 142 valence electrons. The molecule has 2 rings (SSSR count). The molecule has 0 fully saturated rings. The molecule has 0 N–H and O–H groups in total. The number of aldehydes is 1. The second-order valence-electron chi connectivity index (χ2n) is 6.56. The molecule has 8 nitrogen and oxygen atoms in total. The van der Waals surface area contributed by atoms with Crippen molar-refractivity contribution in [2.24, 2.45) is 0 Å². The van der Waals surface area contributed by atoms with Gasteiger partial charge < -0.3 is 14.2 Å². The molecule has 0 aliphatic carbocycles.